The molecule has 0 aromatic heterocycles. The van der Waals surface area contributed by atoms with E-state index in [1.807, 2.05) is 0 Å². The predicted molar refractivity (Wildman–Crippen MR) is 82.6 cm³/mol. The first kappa shape index (κ1) is 15.3. The first-order chi connectivity index (χ1) is 9.16. The summed E-state index contributed by atoms with van der Waals surface area (Å²) in [6.45, 7) is 14.6. The fraction of sp³-hybridized carbons (Fsp3) is 1.00. The Morgan fingerprint density at radius 1 is 1.11 bits per heavy atom. The van der Waals surface area contributed by atoms with Crippen LogP contribution < -0.4 is 5.32 Å². The summed E-state index contributed by atoms with van der Waals surface area (Å²) in [5.74, 6) is 0.813. The van der Waals surface area contributed by atoms with Crippen molar-refractivity contribution in [2.45, 2.75) is 58.5 Å². The Morgan fingerprint density at radius 2 is 1.89 bits per heavy atom. The fourth-order valence-electron chi connectivity index (χ4n) is 3.47. The highest BCUT2D eigenvalue weighted by atomic mass is 15.3. The second-order valence-corrected chi connectivity index (χ2v) is 6.92. The summed E-state index contributed by atoms with van der Waals surface area (Å²) in [6.07, 6.45) is 5.49. The zero-order chi connectivity index (χ0) is 13.7. The minimum atomic E-state index is 0.688. The Hall–Kier alpha value is -0.120. The lowest BCUT2D eigenvalue weighted by atomic mass is 10.1. The molecule has 0 spiro atoms. The lowest BCUT2D eigenvalue weighted by molar-refractivity contribution is 0.178. The van der Waals surface area contributed by atoms with Gasteiger partial charge in [0.2, 0.25) is 0 Å². The van der Waals surface area contributed by atoms with Crippen molar-refractivity contribution < 1.29 is 0 Å². The molecule has 1 N–H and O–H groups in total. The Kier molecular flexibility index (Phi) is 6.11. The largest absolute Gasteiger partial charge is 0.315 e. The van der Waals surface area contributed by atoms with E-state index in [2.05, 4.69) is 35.9 Å². The van der Waals surface area contributed by atoms with Crippen LogP contribution >= 0.6 is 0 Å². The predicted octanol–water partition coefficient (Wildman–Crippen LogP) is 2.18. The molecule has 19 heavy (non-hydrogen) atoms. The molecule has 2 rings (SSSR count). The second kappa shape index (κ2) is 7.61. The van der Waals surface area contributed by atoms with Gasteiger partial charge in [-0.1, -0.05) is 13.8 Å². The highest BCUT2D eigenvalue weighted by Crippen LogP contribution is 2.22. The van der Waals surface area contributed by atoms with E-state index >= 15 is 0 Å². The van der Waals surface area contributed by atoms with Crippen molar-refractivity contribution in [2.24, 2.45) is 5.92 Å². The van der Waals surface area contributed by atoms with Crippen molar-refractivity contribution in [3.63, 3.8) is 0 Å². The number of nitrogens with one attached hydrogen (secondary N) is 1. The zero-order valence-corrected chi connectivity index (χ0v) is 13.2. The molecule has 0 amide bonds. The molecule has 112 valence electrons. The van der Waals surface area contributed by atoms with E-state index < -0.39 is 0 Å². The van der Waals surface area contributed by atoms with Crippen LogP contribution in [0.15, 0.2) is 0 Å². The molecule has 2 atom stereocenters. The minimum Gasteiger partial charge on any atom is -0.315 e. The Bertz CT molecular complexity index is 254. The van der Waals surface area contributed by atoms with Gasteiger partial charge >= 0.3 is 0 Å². The van der Waals surface area contributed by atoms with Crippen molar-refractivity contribution in [3.8, 4) is 0 Å². The third kappa shape index (κ3) is 4.73. The number of hydrogen-bond donors (Lipinski definition) is 1. The van der Waals surface area contributed by atoms with E-state index in [0.717, 1.165) is 18.5 Å². The fourth-order valence-corrected chi connectivity index (χ4v) is 3.47. The number of fused-ring (bicyclic) bond motifs is 1. The van der Waals surface area contributed by atoms with E-state index in [-0.39, 0.29) is 0 Å². The van der Waals surface area contributed by atoms with Gasteiger partial charge in [0.25, 0.3) is 0 Å². The van der Waals surface area contributed by atoms with Crippen LogP contribution in [0.3, 0.4) is 0 Å². The molecule has 2 aliphatic heterocycles. The van der Waals surface area contributed by atoms with Crippen LogP contribution in [0.4, 0.5) is 0 Å². The molecule has 0 aromatic rings. The Labute approximate surface area is 119 Å². The van der Waals surface area contributed by atoms with Gasteiger partial charge in [-0.3, -0.25) is 9.80 Å². The second-order valence-electron chi connectivity index (χ2n) is 6.92. The van der Waals surface area contributed by atoms with Gasteiger partial charge in [-0.05, 0) is 64.7 Å². The van der Waals surface area contributed by atoms with Gasteiger partial charge in [0.15, 0.2) is 0 Å². The monoisotopic (exact) mass is 267 g/mol. The van der Waals surface area contributed by atoms with Crippen molar-refractivity contribution in [1.82, 2.24) is 15.1 Å². The molecule has 0 aliphatic carbocycles. The molecular weight excluding hydrogens is 234 g/mol. The van der Waals surface area contributed by atoms with Crippen LogP contribution in [0.25, 0.3) is 0 Å². The van der Waals surface area contributed by atoms with E-state index in [0.29, 0.717) is 6.04 Å². The normalized spacial score (nSPS) is 27.5. The van der Waals surface area contributed by atoms with Gasteiger partial charge in [-0.25, -0.2) is 0 Å². The molecule has 2 heterocycles. The summed E-state index contributed by atoms with van der Waals surface area (Å²) in [7, 11) is 0. The van der Waals surface area contributed by atoms with Crippen LogP contribution in [-0.4, -0.2) is 61.2 Å². The van der Waals surface area contributed by atoms with E-state index in [1.165, 1.54) is 58.4 Å². The molecule has 2 saturated heterocycles. The highest BCUT2D eigenvalue weighted by molar-refractivity contribution is 4.86. The van der Waals surface area contributed by atoms with Gasteiger partial charge < -0.3 is 5.32 Å². The zero-order valence-electron chi connectivity index (χ0n) is 13.2. The molecule has 0 aromatic carbocycles. The summed E-state index contributed by atoms with van der Waals surface area (Å²) in [4.78, 5) is 5.44. The first-order valence-electron chi connectivity index (χ1n) is 8.35. The molecule has 2 fully saturated rings. The van der Waals surface area contributed by atoms with Crippen LogP contribution in [-0.2, 0) is 0 Å². The van der Waals surface area contributed by atoms with Gasteiger partial charge in [0.05, 0.1) is 0 Å². The molecule has 3 heteroatoms. The van der Waals surface area contributed by atoms with Crippen LogP contribution in [0.1, 0.15) is 46.5 Å². The third-order valence-corrected chi connectivity index (χ3v) is 4.80. The summed E-state index contributed by atoms with van der Waals surface area (Å²) >= 11 is 0. The Morgan fingerprint density at radius 3 is 2.68 bits per heavy atom. The van der Waals surface area contributed by atoms with Gasteiger partial charge in [-0.2, -0.15) is 0 Å². The standard InChI is InChI=1S/C16H33N3/c1-14(2)7-8-17-12-15(3)19-11-5-10-18-9-4-6-16(18)13-19/h14-17H,4-13H2,1-3H3. The summed E-state index contributed by atoms with van der Waals surface area (Å²) in [6, 6.07) is 1.54. The van der Waals surface area contributed by atoms with E-state index in [4.69, 9.17) is 0 Å². The van der Waals surface area contributed by atoms with Gasteiger partial charge in [0.1, 0.15) is 0 Å². The van der Waals surface area contributed by atoms with Crippen molar-refractivity contribution in [3.05, 3.63) is 0 Å². The highest BCUT2D eigenvalue weighted by Gasteiger charge is 2.30. The van der Waals surface area contributed by atoms with Crippen molar-refractivity contribution >= 4 is 0 Å². The smallest absolute Gasteiger partial charge is 0.0223 e. The molecule has 0 saturated carbocycles. The average Bonchev–Trinajstić information content (AvgIpc) is 2.71. The minimum absolute atomic E-state index is 0.688. The SMILES string of the molecule is CC(C)CCNCC(C)N1CCCN2CCCC2C1. The lowest BCUT2D eigenvalue weighted by Crippen LogP contribution is -2.45. The third-order valence-electron chi connectivity index (χ3n) is 4.80. The van der Waals surface area contributed by atoms with Crippen LogP contribution in [0.5, 0.6) is 0 Å². The number of hydrogen-bond acceptors (Lipinski definition) is 3. The molecule has 0 bridgehead atoms. The van der Waals surface area contributed by atoms with Gasteiger partial charge in [0, 0.05) is 25.2 Å². The number of rotatable bonds is 6. The topological polar surface area (TPSA) is 18.5 Å². The lowest BCUT2D eigenvalue weighted by Gasteiger charge is -2.30. The molecule has 2 unspecified atom stereocenters. The van der Waals surface area contributed by atoms with Crippen molar-refractivity contribution in [2.75, 3.05) is 39.3 Å². The summed E-state index contributed by atoms with van der Waals surface area (Å²) in [5.41, 5.74) is 0. The van der Waals surface area contributed by atoms with E-state index in [1.54, 1.807) is 0 Å². The maximum Gasteiger partial charge on any atom is 0.0223 e. The number of nitrogens with zero attached hydrogens (tertiary/aromatic N) is 2. The summed E-state index contributed by atoms with van der Waals surface area (Å²) in [5, 5.41) is 3.64. The molecule has 2 aliphatic rings. The quantitative estimate of drug-likeness (QED) is 0.744. The average molecular weight is 267 g/mol. The van der Waals surface area contributed by atoms with E-state index in [9.17, 15) is 0 Å². The maximum atomic E-state index is 3.64. The Balaban J connectivity index is 1.70. The van der Waals surface area contributed by atoms with Crippen LogP contribution in [0, 0.1) is 5.92 Å². The van der Waals surface area contributed by atoms with Crippen LogP contribution in [0.2, 0.25) is 0 Å². The first-order valence-corrected chi connectivity index (χ1v) is 8.35. The van der Waals surface area contributed by atoms with Crippen molar-refractivity contribution in [1.29, 1.82) is 0 Å². The molecule has 3 nitrogen and oxygen atoms in total. The maximum absolute atomic E-state index is 3.64. The molecule has 0 radical (unpaired) electrons. The summed E-state index contributed by atoms with van der Waals surface area (Å²) < 4.78 is 0. The van der Waals surface area contributed by atoms with Gasteiger partial charge in [-0.15, -0.1) is 0 Å². The molecular formula is C16H33N3.